The van der Waals surface area contributed by atoms with Crippen molar-refractivity contribution in [2.75, 3.05) is 4.90 Å². The Morgan fingerprint density at radius 3 is 1.67 bits per heavy atom. The van der Waals surface area contributed by atoms with E-state index in [0.717, 1.165) is 44.6 Å². The van der Waals surface area contributed by atoms with Crippen LogP contribution in [0.4, 0.5) is 17.1 Å². The van der Waals surface area contributed by atoms with Crippen LogP contribution in [0.5, 0.6) is 0 Å². The summed E-state index contributed by atoms with van der Waals surface area (Å²) in [5, 5.41) is 4.82. The molecule has 0 amide bonds. The van der Waals surface area contributed by atoms with E-state index in [1.165, 1.54) is 59.1 Å². The second-order valence-electron chi connectivity index (χ2n) is 14.5. The number of hydrogen-bond donors (Lipinski definition) is 0. The summed E-state index contributed by atoms with van der Waals surface area (Å²) in [4.78, 5) is 2.36. The molecule has 0 radical (unpaired) electrons. The fraction of sp³-hybridized carbons (Fsp3) is 0. The van der Waals surface area contributed by atoms with Gasteiger partial charge in [0.25, 0.3) is 0 Å². The van der Waals surface area contributed by atoms with Gasteiger partial charge in [0.15, 0.2) is 0 Å². The fourth-order valence-electron chi connectivity index (χ4n) is 8.38. The standard InChI is InChI=1S/C54H35NOS/c1-3-13-36(14-4-1)37-25-30-41(31-26-37)55(49-21-12-23-51-53(49)47-18-7-9-22-50(47)56-51)42-32-27-38(28-33-42)40-29-34-43(39-15-5-2-6-16-39)48(35-40)46-20-11-19-45-44-17-8-10-24-52(44)57-54(45)46/h1-35H. The Kier molecular flexibility index (Phi) is 8.04. The van der Waals surface area contributed by atoms with Crippen molar-refractivity contribution in [1.29, 1.82) is 0 Å². The van der Waals surface area contributed by atoms with Crippen molar-refractivity contribution >= 4 is 70.5 Å². The number of nitrogens with zero attached hydrogens (tertiary/aromatic N) is 1. The first-order valence-electron chi connectivity index (χ1n) is 19.3. The van der Waals surface area contributed by atoms with Crippen molar-refractivity contribution in [3.05, 3.63) is 212 Å². The molecule has 0 aliphatic carbocycles. The van der Waals surface area contributed by atoms with Crippen LogP contribution in [0, 0.1) is 0 Å². The van der Waals surface area contributed by atoms with Crippen molar-refractivity contribution in [3.63, 3.8) is 0 Å². The third kappa shape index (κ3) is 5.80. The Hall–Kier alpha value is -7.20. The maximum Gasteiger partial charge on any atom is 0.137 e. The summed E-state index contributed by atoms with van der Waals surface area (Å²) in [5.41, 5.74) is 14.6. The molecular weight excluding hydrogens is 711 g/mol. The molecule has 2 aromatic heterocycles. The molecule has 0 saturated heterocycles. The molecule has 0 N–H and O–H groups in total. The third-order valence-electron chi connectivity index (χ3n) is 11.1. The van der Waals surface area contributed by atoms with Crippen molar-refractivity contribution < 1.29 is 4.42 Å². The average molecular weight is 746 g/mol. The number of para-hydroxylation sites is 1. The smallest absolute Gasteiger partial charge is 0.137 e. The van der Waals surface area contributed by atoms with Crippen molar-refractivity contribution in [1.82, 2.24) is 0 Å². The predicted molar refractivity (Wildman–Crippen MR) is 243 cm³/mol. The number of benzene rings is 9. The Balaban J connectivity index is 1.05. The van der Waals surface area contributed by atoms with Crippen molar-refractivity contribution in [3.8, 4) is 44.5 Å². The van der Waals surface area contributed by atoms with Crippen molar-refractivity contribution in [2.24, 2.45) is 0 Å². The first kappa shape index (κ1) is 33.2. The van der Waals surface area contributed by atoms with E-state index in [-0.39, 0.29) is 0 Å². The maximum atomic E-state index is 6.38. The Bertz CT molecular complexity index is 3210. The van der Waals surface area contributed by atoms with E-state index in [0.29, 0.717) is 0 Å². The summed E-state index contributed by atoms with van der Waals surface area (Å²) in [5.74, 6) is 0. The van der Waals surface area contributed by atoms with Gasteiger partial charge in [-0.05, 0) is 93.5 Å². The Morgan fingerprint density at radius 2 is 0.912 bits per heavy atom. The van der Waals surface area contributed by atoms with Gasteiger partial charge in [-0.1, -0.05) is 158 Å². The minimum Gasteiger partial charge on any atom is -0.456 e. The number of fused-ring (bicyclic) bond motifs is 6. The summed E-state index contributed by atoms with van der Waals surface area (Å²) >= 11 is 1.88. The molecule has 3 heteroatoms. The number of furan rings is 1. The second-order valence-corrected chi connectivity index (χ2v) is 15.5. The Labute approximate surface area is 335 Å². The topological polar surface area (TPSA) is 16.4 Å². The highest BCUT2D eigenvalue weighted by Gasteiger charge is 2.20. The van der Waals surface area contributed by atoms with Crippen LogP contribution < -0.4 is 4.90 Å². The lowest BCUT2D eigenvalue weighted by atomic mass is 9.90. The molecule has 268 valence electrons. The van der Waals surface area contributed by atoms with Gasteiger partial charge >= 0.3 is 0 Å². The minimum atomic E-state index is 0.871. The molecule has 0 fully saturated rings. The third-order valence-corrected chi connectivity index (χ3v) is 12.3. The highest BCUT2D eigenvalue weighted by atomic mass is 32.1. The monoisotopic (exact) mass is 745 g/mol. The molecule has 11 rings (SSSR count). The van der Waals surface area contributed by atoms with Gasteiger partial charge in [0.2, 0.25) is 0 Å². The number of anilines is 3. The molecule has 2 heterocycles. The molecule has 0 saturated carbocycles. The average Bonchev–Trinajstić information content (AvgIpc) is 3.87. The van der Waals surface area contributed by atoms with E-state index in [9.17, 15) is 0 Å². The summed E-state index contributed by atoms with van der Waals surface area (Å²) in [6.45, 7) is 0. The van der Waals surface area contributed by atoms with Crippen LogP contribution in [-0.4, -0.2) is 0 Å². The van der Waals surface area contributed by atoms with Crippen LogP contribution in [0.3, 0.4) is 0 Å². The van der Waals surface area contributed by atoms with Gasteiger partial charge in [-0.2, -0.15) is 0 Å². The number of thiophene rings is 1. The summed E-state index contributed by atoms with van der Waals surface area (Å²) in [7, 11) is 0. The number of rotatable bonds is 7. The van der Waals surface area contributed by atoms with E-state index in [1.807, 2.05) is 23.5 Å². The lowest BCUT2D eigenvalue weighted by molar-refractivity contribution is 0.669. The van der Waals surface area contributed by atoms with Crippen molar-refractivity contribution in [2.45, 2.75) is 0 Å². The SMILES string of the molecule is c1ccc(-c2ccc(N(c3ccc(-c4ccc(-c5ccccc5)c(-c5cccc6c5sc5ccccc56)c4)cc3)c3cccc4oc5ccccc5c34)cc2)cc1. The van der Waals surface area contributed by atoms with E-state index in [4.69, 9.17) is 4.42 Å². The maximum absolute atomic E-state index is 6.38. The van der Waals surface area contributed by atoms with E-state index in [2.05, 4.69) is 205 Å². The molecule has 0 unspecified atom stereocenters. The molecule has 0 aliphatic rings. The second kappa shape index (κ2) is 13.8. The zero-order valence-corrected chi connectivity index (χ0v) is 31.8. The lowest BCUT2D eigenvalue weighted by Gasteiger charge is -2.26. The summed E-state index contributed by atoms with van der Waals surface area (Å²) in [6.07, 6.45) is 0. The van der Waals surface area contributed by atoms with E-state index in [1.54, 1.807) is 0 Å². The van der Waals surface area contributed by atoms with Gasteiger partial charge in [0.1, 0.15) is 11.2 Å². The molecule has 9 aromatic carbocycles. The van der Waals surface area contributed by atoms with Gasteiger partial charge in [0.05, 0.1) is 11.1 Å². The Morgan fingerprint density at radius 1 is 0.351 bits per heavy atom. The molecule has 0 bridgehead atoms. The lowest BCUT2D eigenvalue weighted by Crippen LogP contribution is -2.10. The van der Waals surface area contributed by atoms with E-state index < -0.39 is 0 Å². The molecule has 0 atom stereocenters. The molecule has 2 nitrogen and oxygen atoms in total. The van der Waals surface area contributed by atoms with Crippen LogP contribution in [0.1, 0.15) is 0 Å². The van der Waals surface area contributed by atoms with Gasteiger partial charge in [0, 0.05) is 42.5 Å². The minimum absolute atomic E-state index is 0.871. The summed E-state index contributed by atoms with van der Waals surface area (Å²) in [6, 6.07) is 76.3. The molecule has 57 heavy (non-hydrogen) atoms. The van der Waals surface area contributed by atoms with Crippen LogP contribution in [0.2, 0.25) is 0 Å². The van der Waals surface area contributed by atoms with Gasteiger partial charge in [-0.15, -0.1) is 11.3 Å². The van der Waals surface area contributed by atoms with Crippen LogP contribution in [-0.2, 0) is 0 Å². The highest BCUT2D eigenvalue weighted by Crippen LogP contribution is 2.46. The van der Waals surface area contributed by atoms with Crippen LogP contribution in [0.15, 0.2) is 217 Å². The quantitative estimate of drug-likeness (QED) is 0.162. The van der Waals surface area contributed by atoms with Crippen LogP contribution >= 0.6 is 11.3 Å². The van der Waals surface area contributed by atoms with Gasteiger partial charge < -0.3 is 9.32 Å². The number of hydrogen-bond acceptors (Lipinski definition) is 3. The molecule has 0 aliphatic heterocycles. The largest absolute Gasteiger partial charge is 0.456 e. The fourth-order valence-corrected chi connectivity index (χ4v) is 9.61. The predicted octanol–water partition coefficient (Wildman–Crippen LogP) is 16.1. The first-order chi connectivity index (χ1) is 28.3. The zero-order valence-electron chi connectivity index (χ0n) is 31.0. The van der Waals surface area contributed by atoms with Gasteiger partial charge in [-0.25, -0.2) is 0 Å². The van der Waals surface area contributed by atoms with Crippen LogP contribution in [0.25, 0.3) is 86.6 Å². The van der Waals surface area contributed by atoms with Gasteiger partial charge in [-0.3, -0.25) is 0 Å². The van der Waals surface area contributed by atoms with E-state index >= 15 is 0 Å². The highest BCUT2D eigenvalue weighted by molar-refractivity contribution is 7.26. The first-order valence-corrected chi connectivity index (χ1v) is 20.1. The zero-order chi connectivity index (χ0) is 37.7. The normalized spacial score (nSPS) is 11.5. The molecule has 11 aromatic rings. The summed E-state index contributed by atoms with van der Waals surface area (Å²) < 4.78 is 9.01. The molecular formula is C54H35NOS. The molecule has 0 spiro atoms.